The van der Waals surface area contributed by atoms with E-state index >= 15 is 0 Å². The van der Waals surface area contributed by atoms with Crippen LogP contribution in [0.15, 0.2) is 42.5 Å². The molecule has 6 heteroatoms. The zero-order valence-corrected chi connectivity index (χ0v) is 20.1. The molecule has 0 aliphatic heterocycles. The number of rotatable bonds is 6. The average molecular weight is 431 g/mol. The van der Waals surface area contributed by atoms with Crippen molar-refractivity contribution in [2.45, 2.75) is 66.0 Å². The number of amides is 1. The first-order valence-electron chi connectivity index (χ1n) is 10.2. The zero-order chi connectivity index (χ0) is 22.9. The van der Waals surface area contributed by atoms with Crippen molar-refractivity contribution in [3.05, 3.63) is 64.7 Å². The average Bonchev–Trinajstić information content (AvgIpc) is 2.59. The van der Waals surface area contributed by atoms with Crippen LogP contribution >= 0.6 is 0 Å². The molecule has 2 aromatic carbocycles. The van der Waals surface area contributed by atoms with Crippen LogP contribution in [0.25, 0.3) is 0 Å². The molecule has 0 spiro atoms. The van der Waals surface area contributed by atoms with Crippen molar-refractivity contribution in [1.29, 1.82) is 0 Å². The van der Waals surface area contributed by atoms with Gasteiger partial charge in [-0.15, -0.1) is 0 Å². The Morgan fingerprint density at radius 2 is 1.47 bits per heavy atom. The third-order valence-electron chi connectivity index (χ3n) is 5.18. The molecule has 1 amide bonds. The molecule has 0 saturated carbocycles. The second kappa shape index (κ2) is 8.80. The van der Waals surface area contributed by atoms with E-state index in [1.165, 1.54) is 9.87 Å². The number of carbonyl (C=O) groups excluding carboxylic acids is 1. The Morgan fingerprint density at radius 3 is 1.90 bits per heavy atom. The van der Waals surface area contributed by atoms with Gasteiger partial charge in [-0.25, -0.2) is 8.42 Å². The lowest BCUT2D eigenvalue weighted by Crippen LogP contribution is -2.48. The molecule has 0 bridgehead atoms. The molecule has 2 rings (SSSR count). The van der Waals surface area contributed by atoms with Crippen LogP contribution in [0.5, 0.6) is 0 Å². The number of carbonyl (C=O) groups is 1. The quantitative estimate of drug-likeness (QED) is 0.726. The summed E-state index contributed by atoms with van der Waals surface area (Å²) >= 11 is 0. The molecule has 0 unspecified atom stereocenters. The second-order valence-corrected chi connectivity index (χ2v) is 11.0. The van der Waals surface area contributed by atoms with Crippen LogP contribution in [-0.2, 0) is 20.2 Å². The van der Waals surface area contributed by atoms with Crippen molar-refractivity contribution < 1.29 is 13.2 Å². The summed E-state index contributed by atoms with van der Waals surface area (Å²) in [4.78, 5) is 13.0. The highest BCUT2D eigenvalue weighted by molar-refractivity contribution is 7.92. The Balaban J connectivity index is 2.25. The van der Waals surface area contributed by atoms with Crippen molar-refractivity contribution in [3.63, 3.8) is 0 Å². The molecule has 164 valence electrons. The van der Waals surface area contributed by atoms with Gasteiger partial charge in [-0.2, -0.15) is 0 Å². The summed E-state index contributed by atoms with van der Waals surface area (Å²) in [7, 11) is -3.65. The van der Waals surface area contributed by atoms with Gasteiger partial charge < -0.3 is 5.32 Å². The summed E-state index contributed by atoms with van der Waals surface area (Å²) in [6, 6.07) is 12.6. The Labute approximate surface area is 181 Å². The minimum Gasteiger partial charge on any atom is -0.348 e. The maximum absolute atomic E-state index is 13.0. The number of hydrogen-bond acceptors (Lipinski definition) is 3. The van der Waals surface area contributed by atoms with Crippen LogP contribution in [0.2, 0.25) is 0 Å². The predicted octanol–water partition coefficient (Wildman–Crippen LogP) is 4.63. The molecule has 2 atom stereocenters. The highest BCUT2D eigenvalue weighted by atomic mass is 32.2. The Hall–Kier alpha value is -2.34. The van der Waals surface area contributed by atoms with Crippen molar-refractivity contribution in [1.82, 2.24) is 5.32 Å². The summed E-state index contributed by atoms with van der Waals surface area (Å²) in [5, 5.41) is 2.96. The third kappa shape index (κ3) is 5.85. The largest absolute Gasteiger partial charge is 0.348 e. The fourth-order valence-electron chi connectivity index (χ4n) is 3.58. The first-order valence-corrected chi connectivity index (χ1v) is 12.0. The number of nitrogens with one attached hydrogen (secondary N) is 1. The number of nitrogens with zero attached hydrogens (tertiary/aromatic N) is 1. The van der Waals surface area contributed by atoms with Gasteiger partial charge in [0.25, 0.3) is 0 Å². The SMILES string of the molecule is Cc1cc(C)cc(N([C@H](C)C(=O)N[C@@H](C)c2ccc(C(C)(C)C)cc2)S(C)(=O)=O)c1. The first kappa shape index (κ1) is 23.9. The van der Waals surface area contributed by atoms with Gasteiger partial charge in [0.1, 0.15) is 6.04 Å². The van der Waals surface area contributed by atoms with Crippen LogP contribution in [0.4, 0.5) is 5.69 Å². The molecule has 0 saturated heterocycles. The maximum atomic E-state index is 13.0. The standard InChI is InChI=1S/C24H34N2O3S/c1-16-13-17(2)15-22(14-16)26(30(8,28)29)19(4)23(27)25-18(3)20-9-11-21(12-10-20)24(5,6)7/h9-15,18-19H,1-8H3,(H,25,27)/t18-,19+/m0/s1. The molecule has 5 nitrogen and oxygen atoms in total. The number of hydrogen-bond donors (Lipinski definition) is 1. The van der Waals surface area contributed by atoms with Crippen molar-refractivity contribution >= 4 is 21.6 Å². The van der Waals surface area contributed by atoms with E-state index in [1.54, 1.807) is 19.1 Å². The number of anilines is 1. The molecule has 30 heavy (non-hydrogen) atoms. The topological polar surface area (TPSA) is 66.5 Å². The lowest BCUT2D eigenvalue weighted by Gasteiger charge is -2.30. The fraction of sp³-hybridized carbons (Fsp3) is 0.458. The molecule has 0 radical (unpaired) electrons. The monoisotopic (exact) mass is 430 g/mol. The Bertz CT molecular complexity index is 985. The zero-order valence-electron chi connectivity index (χ0n) is 19.3. The summed E-state index contributed by atoms with van der Waals surface area (Å²) < 4.78 is 26.3. The van der Waals surface area contributed by atoms with Gasteiger partial charge in [0.05, 0.1) is 18.0 Å². The van der Waals surface area contributed by atoms with Crippen LogP contribution in [-0.4, -0.2) is 26.6 Å². The molecule has 0 aliphatic carbocycles. The molecule has 1 N–H and O–H groups in total. The van der Waals surface area contributed by atoms with Crippen LogP contribution in [0, 0.1) is 13.8 Å². The first-order chi connectivity index (χ1) is 13.7. The lowest BCUT2D eigenvalue weighted by molar-refractivity contribution is -0.122. The van der Waals surface area contributed by atoms with Gasteiger partial charge >= 0.3 is 0 Å². The van der Waals surface area contributed by atoms with Gasteiger partial charge in [0.15, 0.2) is 0 Å². The summed E-state index contributed by atoms with van der Waals surface area (Å²) in [5.74, 6) is -0.341. The normalized spacial score (nSPS) is 14.1. The highest BCUT2D eigenvalue weighted by Crippen LogP contribution is 2.26. The maximum Gasteiger partial charge on any atom is 0.244 e. The van der Waals surface area contributed by atoms with Crippen molar-refractivity contribution in [3.8, 4) is 0 Å². The predicted molar refractivity (Wildman–Crippen MR) is 124 cm³/mol. The number of aryl methyl sites for hydroxylation is 2. The Morgan fingerprint density at radius 1 is 0.967 bits per heavy atom. The lowest BCUT2D eigenvalue weighted by atomic mass is 9.86. The molecular formula is C24H34N2O3S. The molecule has 0 fully saturated rings. The summed E-state index contributed by atoms with van der Waals surface area (Å²) in [5.41, 5.74) is 4.63. The second-order valence-electron chi connectivity index (χ2n) is 9.18. The van der Waals surface area contributed by atoms with E-state index in [-0.39, 0.29) is 17.4 Å². The summed E-state index contributed by atoms with van der Waals surface area (Å²) in [6.07, 6.45) is 1.13. The van der Waals surface area contributed by atoms with E-state index in [2.05, 4.69) is 38.2 Å². The smallest absolute Gasteiger partial charge is 0.244 e. The van der Waals surface area contributed by atoms with Gasteiger partial charge in [-0.05, 0) is 67.5 Å². The van der Waals surface area contributed by atoms with Gasteiger partial charge in [-0.1, -0.05) is 51.1 Å². The van der Waals surface area contributed by atoms with Crippen LogP contribution in [0.1, 0.15) is 62.9 Å². The van der Waals surface area contributed by atoms with Crippen molar-refractivity contribution in [2.24, 2.45) is 0 Å². The Kier molecular flexibility index (Phi) is 7.02. The van der Waals surface area contributed by atoms with E-state index in [9.17, 15) is 13.2 Å². The van der Waals surface area contributed by atoms with E-state index in [0.717, 1.165) is 22.9 Å². The molecule has 0 heterocycles. The number of sulfonamides is 1. The third-order valence-corrected chi connectivity index (χ3v) is 6.43. The van der Waals surface area contributed by atoms with E-state index in [1.807, 2.05) is 39.0 Å². The number of benzene rings is 2. The van der Waals surface area contributed by atoms with Crippen LogP contribution < -0.4 is 9.62 Å². The molecule has 0 aliphatic rings. The molecular weight excluding hydrogens is 396 g/mol. The molecule has 2 aromatic rings. The molecule has 0 aromatic heterocycles. The van der Waals surface area contributed by atoms with Gasteiger partial charge in [0, 0.05) is 0 Å². The van der Waals surface area contributed by atoms with Crippen molar-refractivity contribution in [2.75, 3.05) is 10.6 Å². The highest BCUT2D eigenvalue weighted by Gasteiger charge is 2.30. The minimum absolute atomic E-state index is 0.0570. The van der Waals surface area contributed by atoms with Gasteiger partial charge in [0.2, 0.25) is 15.9 Å². The van der Waals surface area contributed by atoms with E-state index in [4.69, 9.17) is 0 Å². The van der Waals surface area contributed by atoms with Gasteiger partial charge in [-0.3, -0.25) is 9.10 Å². The fourth-order valence-corrected chi connectivity index (χ4v) is 4.73. The van der Waals surface area contributed by atoms with Crippen LogP contribution in [0.3, 0.4) is 0 Å². The summed E-state index contributed by atoms with van der Waals surface area (Å²) in [6.45, 7) is 13.8. The van der Waals surface area contributed by atoms with E-state index in [0.29, 0.717) is 5.69 Å². The minimum atomic E-state index is -3.65. The van der Waals surface area contributed by atoms with E-state index < -0.39 is 16.1 Å².